The number of methoxy groups -OCH3 is 1. The van der Waals surface area contributed by atoms with Gasteiger partial charge in [-0.2, -0.15) is 0 Å². The Hall–Kier alpha value is -3.39. The fourth-order valence-corrected chi connectivity index (χ4v) is 7.22. The second-order valence-corrected chi connectivity index (χ2v) is 11.6. The number of thioether (sulfide) groups is 1. The summed E-state index contributed by atoms with van der Waals surface area (Å²) in [6.45, 7) is 3.26. The molecule has 0 atom stereocenters. The van der Waals surface area contributed by atoms with E-state index in [1.165, 1.54) is 21.6 Å². The van der Waals surface area contributed by atoms with Crippen LogP contribution in [0.25, 0.3) is 10.3 Å². The van der Waals surface area contributed by atoms with Gasteiger partial charge in [-0.25, -0.2) is 4.98 Å². The third-order valence-corrected chi connectivity index (χ3v) is 9.21. The van der Waals surface area contributed by atoms with Crippen LogP contribution in [0.1, 0.15) is 27.1 Å². The Balaban J connectivity index is 1.35. The van der Waals surface area contributed by atoms with Gasteiger partial charge in [0, 0.05) is 35.8 Å². The summed E-state index contributed by atoms with van der Waals surface area (Å²) in [5.74, 6) is 1.62. The molecule has 0 N–H and O–H groups in total. The van der Waals surface area contributed by atoms with E-state index >= 15 is 0 Å². The highest BCUT2D eigenvalue weighted by molar-refractivity contribution is 7.98. The molecule has 1 aliphatic heterocycles. The maximum atomic E-state index is 13.7. The van der Waals surface area contributed by atoms with Crippen molar-refractivity contribution in [2.75, 3.05) is 13.7 Å². The molecule has 3 heterocycles. The Morgan fingerprint density at radius 2 is 1.58 bits per heavy atom. The number of nitrogens with zero attached hydrogens (tertiary/aromatic N) is 3. The van der Waals surface area contributed by atoms with Crippen LogP contribution in [0.4, 0.5) is 0 Å². The zero-order valence-electron chi connectivity index (χ0n) is 21.3. The largest absolute Gasteiger partial charge is 0.497 e. The zero-order valence-corrected chi connectivity index (χ0v) is 22.9. The highest BCUT2D eigenvalue weighted by atomic mass is 32.2. The molecule has 38 heavy (non-hydrogen) atoms. The number of imidazole rings is 1. The molecule has 0 amide bonds. The highest BCUT2D eigenvalue weighted by Crippen LogP contribution is 2.33. The van der Waals surface area contributed by atoms with Crippen LogP contribution in [0.5, 0.6) is 5.75 Å². The van der Waals surface area contributed by atoms with Gasteiger partial charge in [-0.05, 0) is 35.2 Å². The van der Waals surface area contributed by atoms with Crippen LogP contribution >= 0.6 is 23.1 Å². The number of ether oxygens (including phenoxy) is 1. The molecular formula is C31H29N3O2S2. The predicted molar refractivity (Wildman–Crippen MR) is 156 cm³/mol. The fourth-order valence-electron chi connectivity index (χ4n) is 4.91. The lowest BCUT2D eigenvalue weighted by atomic mass is 10.1. The first-order valence-corrected chi connectivity index (χ1v) is 14.6. The van der Waals surface area contributed by atoms with Crippen molar-refractivity contribution < 1.29 is 4.74 Å². The predicted octanol–water partition coefficient (Wildman–Crippen LogP) is 6.37. The average molecular weight is 540 g/mol. The Labute approximate surface area is 230 Å². The maximum absolute atomic E-state index is 13.7. The number of benzene rings is 3. The van der Waals surface area contributed by atoms with Crippen molar-refractivity contribution in [3.05, 3.63) is 122 Å². The molecule has 1 aliphatic rings. The molecule has 3 aromatic carbocycles. The minimum atomic E-state index is 0.103. The number of hydrogen-bond acceptors (Lipinski definition) is 6. The van der Waals surface area contributed by atoms with E-state index in [-0.39, 0.29) is 5.43 Å². The third-order valence-electron chi connectivity index (χ3n) is 6.94. The van der Waals surface area contributed by atoms with Crippen LogP contribution in [0, 0.1) is 0 Å². The molecule has 0 spiro atoms. The molecule has 0 unspecified atom stereocenters. The second-order valence-electron chi connectivity index (χ2n) is 9.54. The summed E-state index contributed by atoms with van der Waals surface area (Å²) in [5.41, 5.74) is 5.35. The standard InChI is InChI=1S/C31H29N3O2S2/c1-36-25-14-12-24(13-15-25)21-37-31-32-28-29(35)26-16-17-33(18-22-8-4-2-5-9-22)20-27(26)38-30(28)34(31)19-23-10-6-3-7-11-23/h2-15H,16-21H2,1H3. The van der Waals surface area contributed by atoms with Crippen LogP contribution in [0.3, 0.4) is 0 Å². The van der Waals surface area contributed by atoms with Gasteiger partial charge in [-0.1, -0.05) is 84.6 Å². The first kappa shape index (κ1) is 24.9. The van der Waals surface area contributed by atoms with E-state index in [0.717, 1.165) is 53.1 Å². The minimum absolute atomic E-state index is 0.103. The van der Waals surface area contributed by atoms with E-state index < -0.39 is 0 Å². The molecule has 6 rings (SSSR count). The van der Waals surface area contributed by atoms with E-state index in [4.69, 9.17) is 9.72 Å². The molecule has 0 saturated heterocycles. The lowest BCUT2D eigenvalue weighted by Crippen LogP contribution is -2.32. The molecule has 2 aromatic heterocycles. The van der Waals surface area contributed by atoms with Gasteiger partial charge in [0.25, 0.3) is 0 Å². The van der Waals surface area contributed by atoms with Gasteiger partial charge in [-0.15, -0.1) is 11.3 Å². The quantitative estimate of drug-likeness (QED) is 0.215. The average Bonchev–Trinajstić information content (AvgIpc) is 3.30. The van der Waals surface area contributed by atoms with Crippen LogP contribution in [-0.2, 0) is 31.8 Å². The molecule has 5 aromatic rings. The highest BCUT2D eigenvalue weighted by Gasteiger charge is 2.25. The zero-order chi connectivity index (χ0) is 25.9. The Kier molecular flexibility index (Phi) is 7.31. The summed E-state index contributed by atoms with van der Waals surface area (Å²) in [5, 5.41) is 0.886. The molecule has 0 bridgehead atoms. The molecule has 0 radical (unpaired) electrons. The van der Waals surface area contributed by atoms with Gasteiger partial charge in [0.15, 0.2) is 5.16 Å². The van der Waals surface area contributed by atoms with Crippen molar-refractivity contribution in [1.82, 2.24) is 14.5 Å². The Bertz CT molecular complexity index is 1600. The van der Waals surface area contributed by atoms with Crippen molar-refractivity contribution in [2.45, 2.75) is 37.0 Å². The number of rotatable bonds is 8. The smallest absolute Gasteiger partial charge is 0.211 e. The van der Waals surface area contributed by atoms with E-state index in [1.54, 1.807) is 30.2 Å². The summed E-state index contributed by atoms with van der Waals surface area (Å²) in [6.07, 6.45) is 0.771. The van der Waals surface area contributed by atoms with Crippen molar-refractivity contribution in [3.8, 4) is 5.75 Å². The SMILES string of the molecule is COc1ccc(CSc2nc3c(=O)c4c(sc3n2Cc2ccccc2)CN(Cc2ccccc2)CC4)cc1. The first-order valence-electron chi connectivity index (χ1n) is 12.8. The van der Waals surface area contributed by atoms with Crippen LogP contribution in [0.2, 0.25) is 0 Å². The molecule has 0 aliphatic carbocycles. The van der Waals surface area contributed by atoms with Gasteiger partial charge < -0.3 is 9.30 Å². The number of aromatic nitrogens is 2. The van der Waals surface area contributed by atoms with Crippen molar-refractivity contribution >= 4 is 33.4 Å². The van der Waals surface area contributed by atoms with Crippen molar-refractivity contribution in [3.63, 3.8) is 0 Å². The minimum Gasteiger partial charge on any atom is -0.497 e. The van der Waals surface area contributed by atoms with Gasteiger partial charge in [0.05, 0.1) is 13.7 Å². The summed E-state index contributed by atoms with van der Waals surface area (Å²) < 4.78 is 7.54. The normalized spacial score (nSPS) is 13.5. The van der Waals surface area contributed by atoms with Crippen molar-refractivity contribution in [2.24, 2.45) is 0 Å². The maximum Gasteiger partial charge on any atom is 0.211 e. The Morgan fingerprint density at radius 1 is 0.895 bits per heavy atom. The van der Waals surface area contributed by atoms with Gasteiger partial charge in [-0.3, -0.25) is 9.69 Å². The molecular weight excluding hydrogens is 510 g/mol. The van der Waals surface area contributed by atoms with Gasteiger partial charge in [0.2, 0.25) is 5.43 Å². The van der Waals surface area contributed by atoms with E-state index in [9.17, 15) is 4.79 Å². The first-order chi connectivity index (χ1) is 18.7. The van der Waals surface area contributed by atoms with E-state index in [1.807, 2.05) is 18.2 Å². The second kappa shape index (κ2) is 11.2. The third kappa shape index (κ3) is 5.27. The van der Waals surface area contributed by atoms with Crippen LogP contribution < -0.4 is 10.2 Å². The molecule has 0 saturated carbocycles. The molecule has 7 heteroatoms. The van der Waals surface area contributed by atoms with Gasteiger partial charge >= 0.3 is 0 Å². The van der Waals surface area contributed by atoms with E-state index in [2.05, 4.69) is 76.2 Å². The number of hydrogen-bond donors (Lipinski definition) is 0. The molecule has 0 fully saturated rings. The summed E-state index contributed by atoms with van der Waals surface area (Å²) in [7, 11) is 1.68. The number of fused-ring (bicyclic) bond motifs is 2. The summed E-state index contributed by atoms with van der Waals surface area (Å²) in [6, 6.07) is 29.1. The lowest BCUT2D eigenvalue weighted by molar-refractivity contribution is 0.248. The Morgan fingerprint density at radius 3 is 2.26 bits per heavy atom. The fraction of sp³-hybridized carbons (Fsp3) is 0.226. The molecule has 192 valence electrons. The van der Waals surface area contributed by atoms with Crippen molar-refractivity contribution in [1.29, 1.82) is 0 Å². The van der Waals surface area contributed by atoms with E-state index in [0.29, 0.717) is 12.1 Å². The topological polar surface area (TPSA) is 47.4 Å². The molecule has 5 nitrogen and oxygen atoms in total. The summed E-state index contributed by atoms with van der Waals surface area (Å²) >= 11 is 3.42. The monoisotopic (exact) mass is 539 g/mol. The van der Waals surface area contributed by atoms with Gasteiger partial charge in [0.1, 0.15) is 16.1 Å². The van der Waals surface area contributed by atoms with Crippen LogP contribution in [0.15, 0.2) is 94.9 Å². The lowest BCUT2D eigenvalue weighted by Gasteiger charge is -2.27. The van der Waals surface area contributed by atoms with Crippen LogP contribution in [-0.4, -0.2) is 28.1 Å². The summed E-state index contributed by atoms with van der Waals surface area (Å²) in [4.78, 5) is 23.2.